The number of nitrogens with zero attached hydrogens (tertiary/aromatic N) is 5. The number of benzene rings is 1. The standard InChI is InChI=1S/C39H49N11O12/c1-19(2)28(46-25(52)12-14-50-26(53)10-11-27(50)54)37(59)44-20(3)35(57)45-22-8-6-21(7-9-22)16-61-39(60)49-13-4-5-23(49)36(58)47-29-24(15-51)62-38(32(56)31(29)55)48-34-30-33(41-17-40-30)42-18-43-34/h6-11,17-20,23-24,28-29,31-32,38,51,55-56H,4-5,12-16H2,1-3H3,(H,44,59)(H,45,57)(H,46,52)(H,47,58)(H2,40,41,42,43,48)/t20-,23-,24-,28-,29-,31+,32-,38-/m0/s1. The first-order chi connectivity index (χ1) is 29.6. The normalized spacial score (nSPS) is 23.3. The van der Waals surface area contributed by atoms with Gasteiger partial charge in [0.05, 0.1) is 19.0 Å². The van der Waals surface area contributed by atoms with Crippen LogP contribution in [0.15, 0.2) is 49.1 Å². The monoisotopic (exact) mass is 863 g/mol. The van der Waals surface area contributed by atoms with Crippen molar-refractivity contribution in [3.8, 4) is 0 Å². The average Bonchev–Trinajstić information content (AvgIpc) is 4.02. The molecule has 62 heavy (non-hydrogen) atoms. The number of H-pyrrole nitrogens is 1. The molecule has 9 N–H and O–H groups in total. The number of rotatable bonds is 16. The SMILES string of the molecule is CC(C)[C@H](NC(=O)CCN1C(=O)C=CC1=O)C(=O)N[C@@H](C)C(=O)Nc1ccc(COC(=O)N2CCC[C@H]2C(=O)N[C@@H]2[C@@H](O)[C@H](O)[C@@H](Nc3ncnc4nc[nH]c34)O[C@H]2CO)cc1. The van der Waals surface area contributed by atoms with Gasteiger partial charge >= 0.3 is 6.09 Å². The number of amides is 7. The minimum absolute atomic E-state index is 0.144. The maximum atomic E-state index is 13.5. The minimum Gasteiger partial charge on any atom is -0.445 e. The van der Waals surface area contributed by atoms with Crippen LogP contribution < -0.4 is 26.6 Å². The van der Waals surface area contributed by atoms with Crippen molar-refractivity contribution in [1.82, 2.24) is 45.7 Å². The highest BCUT2D eigenvalue weighted by molar-refractivity contribution is 6.13. The Bertz CT molecular complexity index is 2160. The van der Waals surface area contributed by atoms with Gasteiger partial charge in [0.1, 0.15) is 54.9 Å². The Morgan fingerprint density at radius 1 is 0.968 bits per heavy atom. The molecule has 3 aromatic rings. The Morgan fingerprint density at radius 2 is 1.69 bits per heavy atom. The van der Waals surface area contributed by atoms with Gasteiger partial charge in [-0.15, -0.1) is 0 Å². The van der Waals surface area contributed by atoms with E-state index in [-0.39, 0.29) is 37.9 Å². The zero-order valence-corrected chi connectivity index (χ0v) is 34.0. The number of aromatic nitrogens is 4. The van der Waals surface area contributed by atoms with E-state index in [1.54, 1.807) is 38.1 Å². The molecule has 2 fully saturated rings. The van der Waals surface area contributed by atoms with Gasteiger partial charge in [0.25, 0.3) is 11.8 Å². The second kappa shape index (κ2) is 19.9. The molecule has 23 nitrogen and oxygen atoms in total. The highest BCUT2D eigenvalue weighted by atomic mass is 16.6. The fourth-order valence-corrected chi connectivity index (χ4v) is 7.12. The number of aliphatic hydroxyl groups excluding tert-OH is 3. The van der Waals surface area contributed by atoms with Crippen LogP contribution in [-0.2, 0) is 44.8 Å². The quantitative estimate of drug-likeness (QED) is 0.0732. The van der Waals surface area contributed by atoms with E-state index < -0.39 is 96.9 Å². The number of anilines is 2. The predicted molar refractivity (Wildman–Crippen MR) is 215 cm³/mol. The Kier molecular flexibility index (Phi) is 14.4. The first-order valence-corrected chi connectivity index (χ1v) is 19.9. The average molecular weight is 864 g/mol. The lowest BCUT2D eigenvalue weighted by atomic mass is 9.95. The Morgan fingerprint density at radius 3 is 2.39 bits per heavy atom. The van der Waals surface area contributed by atoms with Gasteiger partial charge in [-0.3, -0.25) is 38.6 Å². The van der Waals surface area contributed by atoms with Gasteiger partial charge in [-0.2, -0.15) is 0 Å². The summed E-state index contributed by atoms with van der Waals surface area (Å²) in [6.07, 6.45) is -0.869. The molecule has 0 radical (unpaired) electrons. The minimum atomic E-state index is -1.59. The van der Waals surface area contributed by atoms with Gasteiger partial charge in [-0.05, 0) is 43.4 Å². The van der Waals surface area contributed by atoms with Gasteiger partial charge in [0, 0.05) is 37.3 Å². The van der Waals surface area contributed by atoms with E-state index >= 15 is 0 Å². The molecule has 3 aliphatic heterocycles. The lowest BCUT2D eigenvalue weighted by Crippen LogP contribution is -2.67. The van der Waals surface area contributed by atoms with Crippen LogP contribution in [-0.4, -0.2) is 155 Å². The van der Waals surface area contributed by atoms with Crippen LogP contribution in [0, 0.1) is 5.92 Å². The zero-order valence-electron chi connectivity index (χ0n) is 34.0. The predicted octanol–water partition coefficient (Wildman–Crippen LogP) is -1.61. The molecule has 5 heterocycles. The lowest BCUT2D eigenvalue weighted by Gasteiger charge is -2.43. The summed E-state index contributed by atoms with van der Waals surface area (Å²) in [6.45, 7) is 4.16. The van der Waals surface area contributed by atoms with Gasteiger partial charge in [0.2, 0.25) is 23.6 Å². The summed E-state index contributed by atoms with van der Waals surface area (Å²) in [5, 5.41) is 45.5. The van der Waals surface area contributed by atoms with Crippen molar-refractivity contribution in [2.24, 2.45) is 5.92 Å². The number of imide groups is 1. The van der Waals surface area contributed by atoms with Crippen molar-refractivity contribution in [3.63, 3.8) is 0 Å². The molecule has 0 saturated carbocycles. The molecule has 2 aromatic heterocycles. The molecule has 0 aliphatic carbocycles. The summed E-state index contributed by atoms with van der Waals surface area (Å²) in [6, 6.07) is 2.14. The Balaban J connectivity index is 0.948. The molecule has 0 bridgehead atoms. The smallest absolute Gasteiger partial charge is 0.410 e. The Labute approximate surface area is 354 Å². The van der Waals surface area contributed by atoms with Crippen molar-refractivity contribution in [2.45, 2.75) is 95.3 Å². The van der Waals surface area contributed by atoms with Gasteiger partial charge in [-0.1, -0.05) is 26.0 Å². The maximum absolute atomic E-state index is 13.5. The number of aliphatic hydroxyl groups is 3. The van der Waals surface area contributed by atoms with Crippen LogP contribution in [0.4, 0.5) is 16.3 Å². The summed E-state index contributed by atoms with van der Waals surface area (Å²) in [5.74, 6) is -3.52. The number of carbonyl (C=O) groups is 7. The van der Waals surface area contributed by atoms with E-state index in [0.29, 0.717) is 35.3 Å². The number of likely N-dealkylation sites (tertiary alicyclic amines) is 1. The van der Waals surface area contributed by atoms with E-state index in [9.17, 15) is 48.9 Å². The largest absolute Gasteiger partial charge is 0.445 e. The summed E-state index contributed by atoms with van der Waals surface area (Å²) in [5.41, 5.74) is 1.71. The van der Waals surface area contributed by atoms with E-state index in [0.717, 1.165) is 17.1 Å². The third-order valence-corrected chi connectivity index (χ3v) is 10.6. The molecule has 6 rings (SSSR count). The van der Waals surface area contributed by atoms with E-state index in [2.05, 4.69) is 46.5 Å². The lowest BCUT2D eigenvalue weighted by molar-refractivity contribution is -0.185. The van der Waals surface area contributed by atoms with Crippen LogP contribution in [0.25, 0.3) is 11.2 Å². The number of nitrogens with one attached hydrogen (secondary N) is 6. The number of fused-ring (bicyclic) bond motifs is 1. The number of imidazole rings is 1. The van der Waals surface area contributed by atoms with Crippen molar-refractivity contribution < 1.29 is 58.4 Å². The molecule has 0 unspecified atom stereocenters. The number of carbonyl (C=O) groups excluding carboxylic acids is 7. The molecule has 0 spiro atoms. The van der Waals surface area contributed by atoms with Crippen LogP contribution in [0.5, 0.6) is 0 Å². The summed E-state index contributed by atoms with van der Waals surface area (Å²) >= 11 is 0. The topological polar surface area (TPSA) is 320 Å². The van der Waals surface area contributed by atoms with Crippen molar-refractivity contribution in [2.75, 3.05) is 30.3 Å². The number of hydrogen-bond acceptors (Lipinski definition) is 16. The first-order valence-electron chi connectivity index (χ1n) is 19.9. The molecule has 332 valence electrons. The van der Waals surface area contributed by atoms with E-state index in [4.69, 9.17) is 9.47 Å². The second-order valence-corrected chi connectivity index (χ2v) is 15.3. The molecule has 8 atom stereocenters. The number of ether oxygens (including phenoxy) is 2. The molecule has 3 aliphatic rings. The third-order valence-electron chi connectivity index (χ3n) is 10.6. The van der Waals surface area contributed by atoms with Gasteiger partial charge in [0.15, 0.2) is 17.7 Å². The van der Waals surface area contributed by atoms with E-state index in [1.165, 1.54) is 24.5 Å². The summed E-state index contributed by atoms with van der Waals surface area (Å²) < 4.78 is 11.3. The molecule has 23 heteroatoms. The summed E-state index contributed by atoms with van der Waals surface area (Å²) in [7, 11) is 0. The number of aromatic amines is 1. The fraction of sp³-hybridized carbons (Fsp3) is 0.487. The zero-order chi connectivity index (χ0) is 44.7. The number of hydrogen-bond donors (Lipinski definition) is 9. The molecule has 7 amide bonds. The highest BCUT2D eigenvalue weighted by Crippen LogP contribution is 2.26. The van der Waals surface area contributed by atoms with E-state index in [1.807, 2.05) is 0 Å². The fourth-order valence-electron chi connectivity index (χ4n) is 7.12. The molecule has 1 aromatic carbocycles. The van der Waals surface area contributed by atoms with Crippen molar-refractivity contribution in [3.05, 3.63) is 54.6 Å². The van der Waals surface area contributed by atoms with Crippen LogP contribution in [0.2, 0.25) is 0 Å². The molecular weight excluding hydrogens is 814 g/mol. The summed E-state index contributed by atoms with van der Waals surface area (Å²) in [4.78, 5) is 106. The van der Waals surface area contributed by atoms with Crippen LogP contribution >= 0.6 is 0 Å². The van der Waals surface area contributed by atoms with Crippen LogP contribution in [0.3, 0.4) is 0 Å². The van der Waals surface area contributed by atoms with Crippen molar-refractivity contribution in [1.29, 1.82) is 0 Å². The second-order valence-electron chi connectivity index (χ2n) is 15.3. The maximum Gasteiger partial charge on any atom is 0.410 e. The third kappa shape index (κ3) is 10.5. The van der Waals surface area contributed by atoms with Crippen LogP contribution in [0.1, 0.15) is 45.6 Å². The molecule has 2 saturated heterocycles. The van der Waals surface area contributed by atoms with Crippen molar-refractivity contribution >= 4 is 64.2 Å². The van der Waals surface area contributed by atoms with Gasteiger partial charge in [-0.25, -0.2) is 19.7 Å². The highest BCUT2D eigenvalue weighted by Gasteiger charge is 2.47. The first kappa shape index (κ1) is 45.0. The Hall–Kier alpha value is -6.56. The molecular formula is C39H49N11O12. The van der Waals surface area contributed by atoms with Gasteiger partial charge < -0.3 is 56.4 Å².